The molecule has 0 saturated carbocycles. The molecule has 2 N–H and O–H groups in total. The summed E-state index contributed by atoms with van der Waals surface area (Å²) in [7, 11) is 0. The molecule has 0 rings (SSSR count). The fraction of sp³-hybridized carbons (Fsp3) is 0.750. The first kappa shape index (κ1) is 10.1. The fourth-order valence-electron chi connectivity index (χ4n) is 0. The summed E-state index contributed by atoms with van der Waals surface area (Å²) in [6.07, 6.45) is 1.94. The molecule has 6 heavy (non-hydrogen) atoms. The van der Waals surface area contributed by atoms with Crippen molar-refractivity contribution in [1.82, 2.24) is 0 Å². The Morgan fingerprint density at radius 3 is 1.83 bits per heavy atom. The molecular weight excluding hydrogens is 151 g/mol. The van der Waals surface area contributed by atoms with Gasteiger partial charge < -0.3 is 12.2 Å². The molecule has 32 valence electrons. The van der Waals surface area contributed by atoms with Gasteiger partial charge in [0.25, 0.3) is 0 Å². The van der Waals surface area contributed by atoms with Gasteiger partial charge in [0.15, 0.2) is 0 Å². The zero-order chi connectivity index (χ0) is 4.28. The van der Waals surface area contributed by atoms with Gasteiger partial charge >= 0.3 is 32.7 Å². The average molecular weight is 161 g/mol. The number of nitrogens with two attached hydrogens (primary N) is 1. The van der Waals surface area contributed by atoms with Gasteiger partial charge in [0.1, 0.15) is 0 Å². The molecule has 0 saturated heterocycles. The summed E-state index contributed by atoms with van der Waals surface area (Å²) in [5, 5.41) is 0. The van der Waals surface area contributed by atoms with Gasteiger partial charge in [-0.2, -0.15) is 6.92 Å². The van der Waals surface area contributed by atoms with Gasteiger partial charge in [-0.3, -0.25) is 0 Å². The minimum Gasteiger partial charge on any atom is -0.357 e. The third kappa shape index (κ3) is 8.91. The number of rotatable bonds is 1. The Hall–Kier alpha value is 1.06. The van der Waals surface area contributed by atoms with E-state index in [1.807, 2.05) is 20.3 Å². The third-order valence-electron chi connectivity index (χ3n) is 0.526. The van der Waals surface area contributed by atoms with Crippen LogP contribution < -0.4 is 5.73 Å². The molecule has 0 aliphatic rings. The van der Waals surface area contributed by atoms with Crippen LogP contribution in [0.4, 0.5) is 0 Å². The van der Waals surface area contributed by atoms with Crippen LogP contribution in [0, 0.1) is 6.42 Å². The van der Waals surface area contributed by atoms with Crippen molar-refractivity contribution in [3.8, 4) is 0 Å². The fourth-order valence-corrected chi connectivity index (χ4v) is 0. The van der Waals surface area contributed by atoms with Crippen molar-refractivity contribution >= 4 is 0 Å². The molecule has 0 aliphatic carbocycles. The molecule has 1 nitrogen and oxygen atoms in total. The molecule has 0 radical (unpaired) electrons. The van der Waals surface area contributed by atoms with E-state index in [1.54, 1.807) is 0 Å². The summed E-state index contributed by atoms with van der Waals surface area (Å²) in [6, 6.07) is 0.259. The molecule has 0 spiro atoms. The van der Waals surface area contributed by atoms with Crippen LogP contribution in [-0.4, -0.2) is 6.04 Å². The topological polar surface area (TPSA) is 26.0 Å². The summed E-state index contributed by atoms with van der Waals surface area (Å²) >= 11 is 0. The molecule has 0 aromatic carbocycles. The van der Waals surface area contributed by atoms with E-state index in [0.717, 1.165) is 0 Å². The quantitative estimate of drug-likeness (QED) is 0.558. The van der Waals surface area contributed by atoms with Gasteiger partial charge in [0.2, 0.25) is 0 Å². The second-order valence-corrected chi connectivity index (χ2v) is 1.19. The van der Waals surface area contributed by atoms with Crippen LogP contribution in [0.25, 0.3) is 0 Å². The van der Waals surface area contributed by atoms with Crippen molar-refractivity contribution in [2.45, 2.75) is 19.9 Å². The van der Waals surface area contributed by atoms with Crippen molar-refractivity contribution in [1.29, 1.82) is 0 Å². The van der Waals surface area contributed by atoms with Crippen LogP contribution >= 0.6 is 0 Å². The maximum atomic E-state index is 5.24. The molecule has 0 aliphatic heterocycles. The summed E-state index contributed by atoms with van der Waals surface area (Å²) in [6.45, 7) is 3.89. The molecule has 0 bridgehead atoms. The third-order valence-corrected chi connectivity index (χ3v) is 0.526. The van der Waals surface area contributed by atoms with E-state index in [2.05, 4.69) is 0 Å². The monoisotopic (exact) mass is 161 g/mol. The van der Waals surface area contributed by atoms with Crippen LogP contribution in [0.15, 0.2) is 0 Å². The summed E-state index contributed by atoms with van der Waals surface area (Å²) < 4.78 is 0. The minimum atomic E-state index is 0. The molecule has 0 heterocycles. The van der Waals surface area contributed by atoms with E-state index in [1.165, 1.54) is 0 Å². The van der Waals surface area contributed by atoms with Gasteiger partial charge in [-0.1, -0.05) is 6.92 Å². The van der Waals surface area contributed by atoms with Crippen LogP contribution in [0.1, 0.15) is 13.8 Å². The molecule has 0 aromatic heterocycles. The van der Waals surface area contributed by atoms with Gasteiger partial charge in [-0.15, -0.1) is 6.04 Å². The smallest absolute Gasteiger partial charge is 0.357 e. The molecule has 0 amide bonds. The van der Waals surface area contributed by atoms with Gasteiger partial charge in [0, 0.05) is 0 Å². The molecule has 0 fully saturated rings. The van der Waals surface area contributed by atoms with Crippen LogP contribution in [0.2, 0.25) is 0 Å². The standard InChI is InChI=1S/C4H10N.Y/c1-3-4(2)5;/h3-4H,5H2,1-2H3;/q-1;+3. The summed E-state index contributed by atoms with van der Waals surface area (Å²) in [5.41, 5.74) is 5.24. The first-order valence-corrected chi connectivity index (χ1v) is 1.82. The second kappa shape index (κ2) is 6.06. The number of hydrogen-bond acceptors (Lipinski definition) is 1. The van der Waals surface area contributed by atoms with Crippen LogP contribution in [0.3, 0.4) is 0 Å². The van der Waals surface area contributed by atoms with Crippen molar-refractivity contribution in [2.24, 2.45) is 5.73 Å². The van der Waals surface area contributed by atoms with Crippen molar-refractivity contribution in [3.63, 3.8) is 0 Å². The maximum absolute atomic E-state index is 5.24. The van der Waals surface area contributed by atoms with E-state index in [-0.39, 0.29) is 38.8 Å². The molecular formula is C4H10NY+2. The summed E-state index contributed by atoms with van der Waals surface area (Å²) in [5.74, 6) is 0. The first-order chi connectivity index (χ1) is 2.27. The zero-order valence-corrected chi connectivity index (χ0v) is 7.15. The predicted octanol–water partition coefficient (Wildman–Crippen LogP) is 0.555. The van der Waals surface area contributed by atoms with Gasteiger partial charge in [-0.05, 0) is 0 Å². The maximum Gasteiger partial charge on any atom is 3.00 e. The Morgan fingerprint density at radius 2 is 1.83 bits per heavy atom. The minimum absolute atomic E-state index is 0. The van der Waals surface area contributed by atoms with Crippen molar-refractivity contribution < 1.29 is 32.7 Å². The Morgan fingerprint density at radius 1 is 1.67 bits per heavy atom. The van der Waals surface area contributed by atoms with E-state index >= 15 is 0 Å². The van der Waals surface area contributed by atoms with Gasteiger partial charge in [-0.25, -0.2) is 0 Å². The second-order valence-electron chi connectivity index (χ2n) is 1.19. The van der Waals surface area contributed by atoms with Crippen LogP contribution in [0.5, 0.6) is 0 Å². The van der Waals surface area contributed by atoms with E-state index in [4.69, 9.17) is 5.73 Å². The predicted molar refractivity (Wildman–Crippen MR) is 23.6 cm³/mol. The zero-order valence-electron chi connectivity index (χ0n) is 4.31. The average Bonchev–Trinajstić information content (AvgIpc) is 1.38. The normalized spacial score (nSPS) is 12.5. The molecule has 1 unspecified atom stereocenters. The Bertz CT molecular complexity index is 21.5. The Kier molecular flexibility index (Phi) is 10.2. The number of hydrogen-bond donors (Lipinski definition) is 1. The van der Waals surface area contributed by atoms with Crippen molar-refractivity contribution in [3.05, 3.63) is 6.42 Å². The van der Waals surface area contributed by atoms with E-state index < -0.39 is 0 Å². The van der Waals surface area contributed by atoms with Crippen LogP contribution in [-0.2, 0) is 32.7 Å². The molecule has 1 atom stereocenters. The Labute approximate surface area is 64.6 Å². The summed E-state index contributed by atoms with van der Waals surface area (Å²) in [4.78, 5) is 0. The molecule has 0 aromatic rings. The molecule has 2 heteroatoms. The van der Waals surface area contributed by atoms with E-state index in [0.29, 0.717) is 0 Å². The Balaban J connectivity index is 0. The van der Waals surface area contributed by atoms with Gasteiger partial charge in [0.05, 0.1) is 0 Å². The largest absolute Gasteiger partial charge is 3.00 e. The SMILES string of the molecule is C[CH-]C(C)N.[Y+3]. The van der Waals surface area contributed by atoms with E-state index in [9.17, 15) is 0 Å². The van der Waals surface area contributed by atoms with Crippen molar-refractivity contribution in [2.75, 3.05) is 0 Å². The first-order valence-electron chi connectivity index (χ1n) is 1.82.